The molecule has 1 aliphatic rings. The van der Waals surface area contributed by atoms with Crippen molar-refractivity contribution in [3.63, 3.8) is 0 Å². The Hall–Kier alpha value is -3.30. The average Bonchev–Trinajstić information content (AvgIpc) is 3.01. The summed E-state index contributed by atoms with van der Waals surface area (Å²) in [6.07, 6.45) is 0. The fourth-order valence-corrected chi connectivity index (χ4v) is 3.10. The number of rotatable bonds is 6. The molecule has 1 unspecified atom stereocenters. The number of hydrogen-bond donors (Lipinski definition) is 2. The normalized spacial score (nSPS) is 18.5. The molecular formula is C19H16F4N2O4. The lowest BCUT2D eigenvalue weighted by atomic mass is 9.92. The van der Waals surface area contributed by atoms with Crippen molar-refractivity contribution in [2.75, 3.05) is 13.7 Å². The highest BCUT2D eigenvalue weighted by atomic mass is 19.3. The van der Waals surface area contributed by atoms with Crippen LogP contribution in [0, 0.1) is 11.6 Å². The number of methoxy groups -OCH3 is 1. The molecule has 1 fully saturated rings. The van der Waals surface area contributed by atoms with Gasteiger partial charge in [0, 0.05) is 35.7 Å². The van der Waals surface area contributed by atoms with Gasteiger partial charge in [-0.05, 0) is 24.3 Å². The van der Waals surface area contributed by atoms with Crippen LogP contribution in [-0.2, 0) is 4.79 Å². The maximum atomic E-state index is 14.4. The zero-order chi connectivity index (χ0) is 21.1. The van der Waals surface area contributed by atoms with Gasteiger partial charge < -0.3 is 20.1 Å². The number of carbonyl (C=O) groups is 2. The molecule has 1 heterocycles. The van der Waals surface area contributed by atoms with Crippen LogP contribution < -0.4 is 20.1 Å². The number of carbonyl (C=O) groups excluding carboxylic acids is 2. The topological polar surface area (TPSA) is 76.7 Å². The monoisotopic (exact) mass is 412 g/mol. The van der Waals surface area contributed by atoms with E-state index in [4.69, 9.17) is 4.74 Å². The minimum absolute atomic E-state index is 0.0206. The average molecular weight is 412 g/mol. The van der Waals surface area contributed by atoms with Crippen molar-refractivity contribution in [2.45, 2.75) is 18.6 Å². The van der Waals surface area contributed by atoms with Gasteiger partial charge in [0.05, 0.1) is 7.11 Å². The van der Waals surface area contributed by atoms with E-state index >= 15 is 0 Å². The smallest absolute Gasteiger partial charge is 0.387 e. The number of amides is 2. The highest BCUT2D eigenvalue weighted by Crippen LogP contribution is 2.31. The predicted octanol–water partition coefficient (Wildman–Crippen LogP) is 2.59. The van der Waals surface area contributed by atoms with Crippen LogP contribution in [-0.4, -0.2) is 38.1 Å². The van der Waals surface area contributed by atoms with E-state index in [1.807, 2.05) is 0 Å². The standard InChI is InChI=1S/C19H16F4N2O4/c1-28-11-6-13(20)15(14(21)7-11)12-8-24-18(27)16(12)25-17(26)9-2-4-10(5-3-9)29-19(22)23/h2-7,12,16,19H,8H2,1H3,(H,24,27)(H,25,26)/t12?,16-/m0/s1. The summed E-state index contributed by atoms with van der Waals surface area (Å²) in [7, 11) is 1.26. The molecule has 3 rings (SSSR count). The molecule has 6 nitrogen and oxygen atoms in total. The number of halogens is 4. The van der Waals surface area contributed by atoms with Gasteiger partial charge in [-0.1, -0.05) is 0 Å². The lowest BCUT2D eigenvalue weighted by Gasteiger charge is -2.20. The second-order valence-electron chi connectivity index (χ2n) is 6.21. The Bertz CT molecular complexity index is 898. The molecule has 2 aromatic carbocycles. The number of alkyl halides is 2. The molecule has 0 radical (unpaired) electrons. The molecule has 2 aromatic rings. The molecule has 0 aliphatic carbocycles. The van der Waals surface area contributed by atoms with Crippen LogP contribution in [0.5, 0.6) is 11.5 Å². The highest BCUT2D eigenvalue weighted by Gasteiger charge is 2.40. The third-order valence-electron chi connectivity index (χ3n) is 4.47. The molecule has 2 atom stereocenters. The number of ether oxygens (including phenoxy) is 2. The van der Waals surface area contributed by atoms with Crippen molar-refractivity contribution >= 4 is 11.8 Å². The Morgan fingerprint density at radius 2 is 1.76 bits per heavy atom. The lowest BCUT2D eigenvalue weighted by Crippen LogP contribution is -2.43. The van der Waals surface area contributed by atoms with Gasteiger partial charge in [-0.15, -0.1) is 0 Å². The fraction of sp³-hybridized carbons (Fsp3) is 0.263. The van der Waals surface area contributed by atoms with Crippen LogP contribution in [0.4, 0.5) is 17.6 Å². The van der Waals surface area contributed by atoms with Crippen LogP contribution in [0.25, 0.3) is 0 Å². The van der Waals surface area contributed by atoms with Crippen LogP contribution in [0.2, 0.25) is 0 Å². The van der Waals surface area contributed by atoms with E-state index in [0.717, 1.165) is 24.3 Å². The summed E-state index contributed by atoms with van der Waals surface area (Å²) < 4.78 is 62.2. The SMILES string of the molecule is COc1cc(F)c(C2CNC(=O)[C@H]2NC(=O)c2ccc(OC(F)F)cc2)c(F)c1. The van der Waals surface area contributed by atoms with E-state index in [1.165, 1.54) is 19.2 Å². The first-order valence-corrected chi connectivity index (χ1v) is 8.46. The third kappa shape index (κ3) is 4.41. The molecule has 0 saturated carbocycles. The van der Waals surface area contributed by atoms with Crippen LogP contribution in [0.1, 0.15) is 21.8 Å². The van der Waals surface area contributed by atoms with Gasteiger partial charge in [0.1, 0.15) is 29.2 Å². The van der Waals surface area contributed by atoms with Crippen molar-refractivity contribution in [1.82, 2.24) is 10.6 Å². The maximum Gasteiger partial charge on any atom is 0.387 e. The van der Waals surface area contributed by atoms with E-state index in [1.54, 1.807) is 0 Å². The third-order valence-corrected chi connectivity index (χ3v) is 4.47. The fourth-order valence-electron chi connectivity index (χ4n) is 3.10. The first kappa shape index (κ1) is 20.4. The summed E-state index contributed by atoms with van der Waals surface area (Å²) in [5, 5.41) is 4.90. The predicted molar refractivity (Wildman–Crippen MR) is 93.0 cm³/mol. The summed E-state index contributed by atoms with van der Waals surface area (Å²) in [5.74, 6) is -4.28. The Labute approximate surface area is 162 Å². The summed E-state index contributed by atoms with van der Waals surface area (Å²) in [4.78, 5) is 24.6. The second-order valence-corrected chi connectivity index (χ2v) is 6.21. The summed E-state index contributed by atoms with van der Waals surface area (Å²) in [6.45, 7) is -3.09. The molecule has 1 saturated heterocycles. The van der Waals surface area contributed by atoms with Gasteiger partial charge >= 0.3 is 6.61 Å². The number of benzene rings is 2. The zero-order valence-electron chi connectivity index (χ0n) is 15.0. The van der Waals surface area contributed by atoms with Crippen molar-refractivity contribution in [3.05, 3.63) is 59.2 Å². The Morgan fingerprint density at radius 1 is 1.14 bits per heavy atom. The van der Waals surface area contributed by atoms with Crippen LogP contribution in [0.15, 0.2) is 36.4 Å². The summed E-state index contributed by atoms with van der Waals surface area (Å²) >= 11 is 0. The van der Waals surface area contributed by atoms with Gasteiger partial charge in [-0.2, -0.15) is 8.78 Å². The molecule has 0 spiro atoms. The molecule has 0 bridgehead atoms. The lowest BCUT2D eigenvalue weighted by molar-refractivity contribution is -0.120. The van der Waals surface area contributed by atoms with Crippen molar-refractivity contribution in [3.8, 4) is 11.5 Å². The first-order valence-electron chi connectivity index (χ1n) is 8.46. The molecule has 2 N–H and O–H groups in total. The molecule has 29 heavy (non-hydrogen) atoms. The maximum absolute atomic E-state index is 14.4. The molecule has 10 heteroatoms. The molecule has 0 aromatic heterocycles. The molecule has 154 valence electrons. The number of nitrogens with one attached hydrogen (secondary N) is 2. The summed E-state index contributed by atoms with van der Waals surface area (Å²) in [6, 6.07) is 5.53. The van der Waals surface area contributed by atoms with Crippen molar-refractivity contribution in [1.29, 1.82) is 0 Å². The Balaban J connectivity index is 1.80. The van der Waals surface area contributed by atoms with Gasteiger partial charge in [-0.3, -0.25) is 9.59 Å². The van der Waals surface area contributed by atoms with Gasteiger partial charge in [-0.25, -0.2) is 8.78 Å². The van der Waals surface area contributed by atoms with Crippen molar-refractivity contribution < 1.29 is 36.6 Å². The van der Waals surface area contributed by atoms with E-state index in [2.05, 4.69) is 15.4 Å². The zero-order valence-corrected chi connectivity index (χ0v) is 15.0. The van der Waals surface area contributed by atoms with Crippen LogP contribution >= 0.6 is 0 Å². The van der Waals surface area contributed by atoms with Crippen LogP contribution in [0.3, 0.4) is 0 Å². The minimum Gasteiger partial charge on any atom is -0.497 e. The van der Waals surface area contributed by atoms with E-state index < -0.39 is 42.0 Å². The highest BCUT2D eigenvalue weighted by molar-refractivity contribution is 5.98. The van der Waals surface area contributed by atoms with Gasteiger partial charge in [0.25, 0.3) is 5.91 Å². The molecule has 1 aliphatic heterocycles. The van der Waals surface area contributed by atoms with Crippen molar-refractivity contribution in [2.24, 2.45) is 0 Å². The van der Waals surface area contributed by atoms with E-state index in [-0.39, 0.29) is 29.2 Å². The number of hydrogen-bond acceptors (Lipinski definition) is 4. The van der Waals surface area contributed by atoms with Gasteiger partial charge in [0.15, 0.2) is 0 Å². The molecule has 2 amide bonds. The Morgan fingerprint density at radius 3 is 2.31 bits per heavy atom. The first-order chi connectivity index (χ1) is 13.8. The summed E-state index contributed by atoms with van der Waals surface area (Å²) in [5.41, 5.74) is -0.295. The largest absolute Gasteiger partial charge is 0.497 e. The Kier molecular flexibility index (Phi) is 5.90. The van der Waals surface area contributed by atoms with Gasteiger partial charge in [0.2, 0.25) is 5.91 Å². The molecular weight excluding hydrogens is 396 g/mol. The minimum atomic E-state index is -3.01. The van der Waals surface area contributed by atoms with E-state index in [0.29, 0.717) is 0 Å². The quantitative estimate of drug-likeness (QED) is 0.716. The second kappa shape index (κ2) is 8.38. The van der Waals surface area contributed by atoms with E-state index in [9.17, 15) is 27.2 Å².